The van der Waals surface area contributed by atoms with E-state index in [2.05, 4.69) is 10.2 Å². The highest BCUT2D eigenvalue weighted by atomic mass is 16.6. The van der Waals surface area contributed by atoms with Gasteiger partial charge >= 0.3 is 5.97 Å². The summed E-state index contributed by atoms with van der Waals surface area (Å²) in [6.45, 7) is 5.14. The van der Waals surface area contributed by atoms with Gasteiger partial charge in [0.25, 0.3) is 11.8 Å². The smallest absolute Gasteiger partial charge is 0.344 e. The van der Waals surface area contributed by atoms with Crippen molar-refractivity contribution in [3.63, 3.8) is 0 Å². The van der Waals surface area contributed by atoms with E-state index in [0.717, 1.165) is 11.3 Å². The Hall–Kier alpha value is -3.55. The predicted octanol–water partition coefficient (Wildman–Crippen LogP) is 4.11. The van der Waals surface area contributed by atoms with Crippen LogP contribution in [0.4, 0.5) is 0 Å². The van der Waals surface area contributed by atoms with Gasteiger partial charge in [-0.05, 0) is 44.5 Å². The quantitative estimate of drug-likeness (QED) is 0.523. The highest BCUT2D eigenvalue weighted by Gasteiger charge is 2.16. The maximum atomic E-state index is 12.0. The average Bonchev–Trinajstić information content (AvgIpc) is 3.31. The molecule has 1 aromatic carbocycles. The fourth-order valence-corrected chi connectivity index (χ4v) is 2.68. The van der Waals surface area contributed by atoms with Gasteiger partial charge in [0.2, 0.25) is 0 Å². The second kappa shape index (κ2) is 9.09. The normalized spacial score (nSPS) is 11.0. The molecular weight excluding hydrogens is 376 g/mol. The Bertz CT molecular complexity index is 1020. The number of nitrogens with zero attached hydrogens (tertiary/aromatic N) is 2. The third kappa shape index (κ3) is 5.04. The van der Waals surface area contributed by atoms with Crippen molar-refractivity contribution in [3.05, 3.63) is 53.3 Å². The Labute approximate surface area is 168 Å². The van der Waals surface area contributed by atoms with Crippen molar-refractivity contribution in [2.75, 3.05) is 13.7 Å². The van der Waals surface area contributed by atoms with E-state index >= 15 is 0 Å². The second-order valence-corrected chi connectivity index (χ2v) is 6.19. The number of furan rings is 1. The summed E-state index contributed by atoms with van der Waals surface area (Å²) >= 11 is 0. The molecule has 0 saturated carbocycles. The van der Waals surface area contributed by atoms with Crippen LogP contribution in [0.5, 0.6) is 11.5 Å². The van der Waals surface area contributed by atoms with Crippen LogP contribution in [0.3, 0.4) is 0 Å². The van der Waals surface area contributed by atoms with Gasteiger partial charge in [-0.2, -0.15) is 0 Å². The number of carbonyl (C=O) groups is 1. The molecule has 8 nitrogen and oxygen atoms in total. The zero-order valence-electron chi connectivity index (χ0n) is 16.7. The SMILES string of the molecule is C/C=C/c1ccc(OCC(=O)OCc2nnc(-c3cc(C)oc3C)o2)c(OC)c1. The number of benzene rings is 1. The summed E-state index contributed by atoms with van der Waals surface area (Å²) in [6, 6.07) is 7.23. The van der Waals surface area contributed by atoms with Crippen molar-refractivity contribution in [3.8, 4) is 23.0 Å². The molecule has 3 rings (SSSR count). The number of carbonyl (C=O) groups excluding carboxylic acids is 1. The lowest BCUT2D eigenvalue weighted by atomic mass is 10.2. The van der Waals surface area contributed by atoms with E-state index < -0.39 is 5.97 Å². The van der Waals surface area contributed by atoms with E-state index in [0.29, 0.717) is 28.7 Å². The molecular formula is C21H22N2O6. The van der Waals surface area contributed by atoms with Crippen molar-refractivity contribution in [1.82, 2.24) is 10.2 Å². The van der Waals surface area contributed by atoms with Crippen LogP contribution < -0.4 is 9.47 Å². The van der Waals surface area contributed by atoms with Crippen molar-refractivity contribution in [1.29, 1.82) is 0 Å². The third-order valence-electron chi connectivity index (χ3n) is 3.99. The lowest BCUT2D eigenvalue weighted by molar-refractivity contribution is -0.148. The monoisotopic (exact) mass is 398 g/mol. The molecule has 8 heteroatoms. The third-order valence-corrected chi connectivity index (χ3v) is 3.99. The molecule has 0 saturated heterocycles. The molecule has 0 atom stereocenters. The molecule has 29 heavy (non-hydrogen) atoms. The van der Waals surface area contributed by atoms with E-state index in [1.54, 1.807) is 12.1 Å². The van der Waals surface area contributed by atoms with Gasteiger partial charge in [-0.25, -0.2) is 4.79 Å². The molecule has 0 fully saturated rings. The van der Waals surface area contributed by atoms with E-state index in [1.807, 2.05) is 45.1 Å². The molecule has 152 valence electrons. The standard InChI is InChI=1S/C21H22N2O6/c1-5-6-15-7-8-17(18(10-15)25-4)26-12-20(24)27-11-19-22-23-21(29-19)16-9-13(2)28-14(16)3/h5-10H,11-12H2,1-4H3/b6-5+. The van der Waals surface area contributed by atoms with E-state index in [4.69, 9.17) is 23.0 Å². The maximum Gasteiger partial charge on any atom is 0.344 e. The van der Waals surface area contributed by atoms with Crippen molar-refractivity contribution >= 4 is 12.0 Å². The van der Waals surface area contributed by atoms with Crippen LogP contribution in [-0.4, -0.2) is 29.9 Å². The number of aromatic nitrogens is 2. The minimum Gasteiger partial charge on any atom is -0.493 e. The highest BCUT2D eigenvalue weighted by molar-refractivity contribution is 5.71. The van der Waals surface area contributed by atoms with Gasteiger partial charge in [0.05, 0.1) is 12.7 Å². The van der Waals surface area contributed by atoms with E-state index in [9.17, 15) is 4.79 Å². The van der Waals surface area contributed by atoms with Gasteiger partial charge in [0, 0.05) is 0 Å². The Morgan fingerprint density at radius 2 is 1.97 bits per heavy atom. The molecule has 0 spiro atoms. The van der Waals surface area contributed by atoms with Gasteiger partial charge in [0.15, 0.2) is 24.7 Å². The molecule has 0 radical (unpaired) electrons. The number of rotatable bonds is 8. The van der Waals surface area contributed by atoms with Crippen molar-refractivity contribution < 1.29 is 27.8 Å². The first-order valence-corrected chi connectivity index (χ1v) is 8.99. The first-order chi connectivity index (χ1) is 14.0. The molecule has 3 aromatic rings. The van der Waals surface area contributed by atoms with Crippen LogP contribution in [0.25, 0.3) is 17.5 Å². The number of allylic oxidation sites excluding steroid dienone is 1. The van der Waals surface area contributed by atoms with Crippen LogP contribution >= 0.6 is 0 Å². The van der Waals surface area contributed by atoms with E-state index in [-0.39, 0.29) is 19.1 Å². The molecule has 0 N–H and O–H groups in total. The molecule has 0 aliphatic rings. The van der Waals surface area contributed by atoms with Gasteiger partial charge in [0.1, 0.15) is 11.5 Å². The maximum absolute atomic E-state index is 12.0. The number of methoxy groups -OCH3 is 1. The molecule has 0 bridgehead atoms. The van der Waals surface area contributed by atoms with Crippen LogP contribution in [0.15, 0.2) is 39.2 Å². The Morgan fingerprint density at radius 1 is 1.14 bits per heavy atom. The zero-order chi connectivity index (χ0) is 20.8. The lowest BCUT2D eigenvalue weighted by Gasteiger charge is -2.10. The molecule has 0 aliphatic carbocycles. The average molecular weight is 398 g/mol. The minimum absolute atomic E-state index is 0.150. The second-order valence-electron chi connectivity index (χ2n) is 6.19. The topological polar surface area (TPSA) is 96.8 Å². The van der Waals surface area contributed by atoms with Gasteiger partial charge in [-0.3, -0.25) is 0 Å². The van der Waals surface area contributed by atoms with Gasteiger partial charge in [-0.15, -0.1) is 10.2 Å². The molecule has 2 aromatic heterocycles. The van der Waals surface area contributed by atoms with Crippen LogP contribution in [0.1, 0.15) is 29.9 Å². The van der Waals surface area contributed by atoms with Crippen LogP contribution in [-0.2, 0) is 16.1 Å². The van der Waals surface area contributed by atoms with Crippen molar-refractivity contribution in [2.45, 2.75) is 27.4 Å². The number of aryl methyl sites for hydroxylation is 2. The summed E-state index contributed by atoms with van der Waals surface area (Å²) in [6.07, 6.45) is 3.86. The van der Waals surface area contributed by atoms with Crippen LogP contribution in [0, 0.1) is 13.8 Å². The van der Waals surface area contributed by atoms with Crippen molar-refractivity contribution in [2.24, 2.45) is 0 Å². The largest absolute Gasteiger partial charge is 0.493 e. The summed E-state index contributed by atoms with van der Waals surface area (Å²) in [5.74, 6) is 2.32. The minimum atomic E-state index is -0.570. The molecule has 2 heterocycles. The lowest BCUT2D eigenvalue weighted by Crippen LogP contribution is -2.15. The Balaban J connectivity index is 1.54. The first-order valence-electron chi connectivity index (χ1n) is 8.99. The summed E-state index contributed by atoms with van der Waals surface area (Å²) in [7, 11) is 1.54. The van der Waals surface area contributed by atoms with E-state index in [1.165, 1.54) is 7.11 Å². The number of hydrogen-bond acceptors (Lipinski definition) is 8. The fraction of sp³-hybridized carbons (Fsp3) is 0.286. The summed E-state index contributed by atoms with van der Waals surface area (Å²) in [5, 5.41) is 7.84. The highest BCUT2D eigenvalue weighted by Crippen LogP contribution is 2.29. The number of hydrogen-bond donors (Lipinski definition) is 0. The molecule has 0 aliphatic heterocycles. The molecule has 0 unspecified atom stereocenters. The van der Waals surface area contributed by atoms with Gasteiger partial charge in [-0.1, -0.05) is 18.2 Å². The number of esters is 1. The van der Waals surface area contributed by atoms with Crippen LogP contribution in [0.2, 0.25) is 0 Å². The zero-order valence-corrected chi connectivity index (χ0v) is 16.7. The van der Waals surface area contributed by atoms with Gasteiger partial charge < -0.3 is 23.0 Å². The summed E-state index contributed by atoms with van der Waals surface area (Å²) < 4.78 is 26.9. The fourth-order valence-electron chi connectivity index (χ4n) is 2.68. The Kier molecular flexibility index (Phi) is 6.33. The first kappa shape index (κ1) is 20.2. The summed E-state index contributed by atoms with van der Waals surface area (Å²) in [4.78, 5) is 12.0. The summed E-state index contributed by atoms with van der Waals surface area (Å²) in [5.41, 5.74) is 1.68. The molecule has 0 amide bonds. The Morgan fingerprint density at radius 3 is 2.66 bits per heavy atom. The predicted molar refractivity (Wildman–Crippen MR) is 104 cm³/mol. The number of ether oxygens (including phenoxy) is 3.